The van der Waals surface area contributed by atoms with E-state index in [4.69, 9.17) is 10.8 Å². The molecule has 10 nitrogen and oxygen atoms in total. The van der Waals surface area contributed by atoms with Crippen molar-refractivity contribution in [3.05, 3.63) is 71.3 Å². The van der Waals surface area contributed by atoms with E-state index in [1.807, 2.05) is 31.2 Å². The van der Waals surface area contributed by atoms with Crippen molar-refractivity contribution in [3.8, 4) is 0 Å². The second-order valence-corrected chi connectivity index (χ2v) is 9.01. The molecule has 0 aliphatic rings. The van der Waals surface area contributed by atoms with Crippen molar-refractivity contribution in [1.82, 2.24) is 16.0 Å². The second-order valence-electron chi connectivity index (χ2n) is 9.01. The first kappa shape index (κ1) is 29.0. The van der Waals surface area contributed by atoms with Crippen molar-refractivity contribution in [1.29, 1.82) is 0 Å². The van der Waals surface area contributed by atoms with Crippen LogP contribution in [0.5, 0.6) is 0 Å². The standard InChI is InChI=1S/C27H34N4O6/c1-17-8-10-20(11-9-17)14-18(2)26(36)29-16-23(32)30-21(12-13-24(33)34)27(37)31-22(25(28)35)15-19-6-4-3-5-7-19/h3-11,18,21-22H,12-16H2,1-2H3,(H2,28,35)(H,29,36)(H,30,32)(H,31,37)(H,33,34)/t18?,21-,22?/m0/s1. The summed E-state index contributed by atoms with van der Waals surface area (Å²) < 4.78 is 0. The van der Waals surface area contributed by atoms with E-state index in [1.54, 1.807) is 37.3 Å². The number of hydrogen-bond donors (Lipinski definition) is 5. The van der Waals surface area contributed by atoms with Crippen LogP contribution in [0.15, 0.2) is 54.6 Å². The van der Waals surface area contributed by atoms with Gasteiger partial charge >= 0.3 is 5.97 Å². The predicted molar refractivity (Wildman–Crippen MR) is 137 cm³/mol. The Labute approximate surface area is 216 Å². The molecule has 0 heterocycles. The molecule has 10 heteroatoms. The van der Waals surface area contributed by atoms with Gasteiger partial charge in [-0.3, -0.25) is 24.0 Å². The summed E-state index contributed by atoms with van der Waals surface area (Å²) in [6.07, 6.45) is 0.0312. The molecular weight excluding hydrogens is 476 g/mol. The number of rotatable bonds is 14. The molecule has 0 aliphatic carbocycles. The van der Waals surface area contributed by atoms with E-state index >= 15 is 0 Å². The van der Waals surface area contributed by atoms with Crippen LogP contribution < -0.4 is 21.7 Å². The first-order valence-electron chi connectivity index (χ1n) is 12.0. The molecular formula is C27H34N4O6. The molecule has 0 radical (unpaired) electrons. The Bertz CT molecular complexity index is 1090. The minimum Gasteiger partial charge on any atom is -0.481 e. The molecule has 37 heavy (non-hydrogen) atoms. The van der Waals surface area contributed by atoms with E-state index in [0.717, 1.165) is 16.7 Å². The summed E-state index contributed by atoms with van der Waals surface area (Å²) in [7, 11) is 0. The highest BCUT2D eigenvalue weighted by Crippen LogP contribution is 2.10. The van der Waals surface area contributed by atoms with E-state index < -0.39 is 54.7 Å². The molecule has 0 fully saturated rings. The molecule has 4 amide bonds. The molecule has 0 bridgehead atoms. The van der Waals surface area contributed by atoms with Gasteiger partial charge in [-0.2, -0.15) is 0 Å². The van der Waals surface area contributed by atoms with Crippen LogP contribution in [-0.2, 0) is 36.8 Å². The zero-order valence-electron chi connectivity index (χ0n) is 21.0. The summed E-state index contributed by atoms with van der Waals surface area (Å²) in [4.78, 5) is 60.8. The summed E-state index contributed by atoms with van der Waals surface area (Å²) in [6, 6.07) is 14.4. The number of aliphatic carboxylic acids is 1. The summed E-state index contributed by atoms with van der Waals surface area (Å²) >= 11 is 0. The number of nitrogens with one attached hydrogen (secondary N) is 3. The van der Waals surface area contributed by atoms with Gasteiger partial charge in [-0.05, 0) is 30.9 Å². The first-order chi connectivity index (χ1) is 17.5. The number of primary amides is 1. The lowest BCUT2D eigenvalue weighted by Crippen LogP contribution is -2.54. The lowest BCUT2D eigenvalue weighted by molar-refractivity contribution is -0.138. The van der Waals surface area contributed by atoms with Gasteiger partial charge in [0.05, 0.1) is 6.54 Å². The fraction of sp³-hybridized carbons (Fsp3) is 0.370. The fourth-order valence-electron chi connectivity index (χ4n) is 3.64. The number of carboxylic acids is 1. The van der Waals surface area contributed by atoms with E-state index in [1.165, 1.54) is 0 Å². The van der Waals surface area contributed by atoms with Gasteiger partial charge in [-0.15, -0.1) is 0 Å². The van der Waals surface area contributed by atoms with Crippen molar-refractivity contribution in [3.63, 3.8) is 0 Å². The van der Waals surface area contributed by atoms with Crippen molar-refractivity contribution >= 4 is 29.6 Å². The van der Waals surface area contributed by atoms with Crippen LogP contribution in [0.25, 0.3) is 0 Å². The van der Waals surface area contributed by atoms with Crippen LogP contribution in [0.3, 0.4) is 0 Å². The monoisotopic (exact) mass is 510 g/mol. The van der Waals surface area contributed by atoms with Crippen molar-refractivity contribution < 1.29 is 29.1 Å². The van der Waals surface area contributed by atoms with Crippen molar-refractivity contribution in [2.75, 3.05) is 6.54 Å². The summed E-state index contributed by atoms with van der Waals surface area (Å²) in [6.45, 7) is 3.32. The summed E-state index contributed by atoms with van der Waals surface area (Å²) in [5.41, 5.74) is 8.31. The van der Waals surface area contributed by atoms with Crippen molar-refractivity contribution in [2.45, 2.75) is 51.6 Å². The minimum absolute atomic E-state index is 0.135. The summed E-state index contributed by atoms with van der Waals surface area (Å²) in [5, 5.41) is 16.5. The average molecular weight is 511 g/mol. The van der Waals surface area contributed by atoms with Gasteiger partial charge in [0.2, 0.25) is 23.6 Å². The Morgan fingerprint density at radius 3 is 2.05 bits per heavy atom. The first-order valence-corrected chi connectivity index (χ1v) is 12.0. The lowest BCUT2D eigenvalue weighted by Gasteiger charge is -2.22. The lowest BCUT2D eigenvalue weighted by atomic mass is 9.99. The van der Waals surface area contributed by atoms with Gasteiger partial charge in [0.1, 0.15) is 12.1 Å². The number of amides is 4. The number of hydrogen-bond acceptors (Lipinski definition) is 5. The molecule has 0 aromatic heterocycles. The quantitative estimate of drug-likeness (QED) is 0.252. The fourth-order valence-corrected chi connectivity index (χ4v) is 3.64. The third-order valence-corrected chi connectivity index (χ3v) is 5.77. The largest absolute Gasteiger partial charge is 0.481 e. The molecule has 0 spiro atoms. The zero-order chi connectivity index (χ0) is 27.4. The smallest absolute Gasteiger partial charge is 0.303 e. The maximum Gasteiger partial charge on any atom is 0.303 e. The summed E-state index contributed by atoms with van der Waals surface area (Å²) in [5.74, 6) is -4.06. The van der Waals surface area contributed by atoms with Crippen LogP contribution in [0.4, 0.5) is 0 Å². The highest BCUT2D eigenvalue weighted by atomic mass is 16.4. The van der Waals surface area contributed by atoms with Crippen LogP contribution >= 0.6 is 0 Å². The van der Waals surface area contributed by atoms with Gasteiger partial charge in [0.15, 0.2) is 0 Å². The number of carbonyl (C=O) groups excluding carboxylic acids is 4. The predicted octanol–water partition coefficient (Wildman–Crippen LogP) is 0.852. The Morgan fingerprint density at radius 1 is 0.838 bits per heavy atom. The molecule has 2 aromatic rings. The number of nitrogens with two attached hydrogens (primary N) is 1. The molecule has 0 saturated carbocycles. The highest BCUT2D eigenvalue weighted by Gasteiger charge is 2.26. The number of aryl methyl sites for hydroxylation is 1. The SMILES string of the molecule is Cc1ccc(CC(C)C(=O)NCC(=O)N[C@@H](CCC(=O)O)C(=O)NC(Cc2ccccc2)C(N)=O)cc1. The molecule has 0 aliphatic heterocycles. The minimum atomic E-state index is -1.23. The molecule has 0 saturated heterocycles. The van der Waals surface area contributed by atoms with E-state index in [-0.39, 0.29) is 18.7 Å². The number of carboxylic acid groups (broad SMARTS) is 1. The van der Waals surface area contributed by atoms with Gasteiger partial charge < -0.3 is 26.8 Å². The Kier molecular flexibility index (Phi) is 11.3. The molecule has 198 valence electrons. The Morgan fingerprint density at radius 2 is 1.46 bits per heavy atom. The molecule has 2 rings (SSSR count). The maximum atomic E-state index is 12.9. The van der Waals surface area contributed by atoms with Crippen molar-refractivity contribution in [2.24, 2.45) is 11.7 Å². The van der Waals surface area contributed by atoms with Gasteiger partial charge in [-0.1, -0.05) is 67.1 Å². The molecule has 2 unspecified atom stereocenters. The second kappa shape index (κ2) is 14.4. The van der Waals surface area contributed by atoms with Crippen LogP contribution in [-0.4, -0.2) is 53.3 Å². The zero-order valence-corrected chi connectivity index (χ0v) is 21.0. The number of carbonyl (C=O) groups is 5. The topological polar surface area (TPSA) is 168 Å². The maximum absolute atomic E-state index is 12.9. The molecule has 3 atom stereocenters. The normalized spacial score (nSPS) is 13.0. The van der Waals surface area contributed by atoms with Gasteiger partial charge in [0, 0.05) is 18.8 Å². The van der Waals surface area contributed by atoms with E-state index in [0.29, 0.717) is 6.42 Å². The number of benzene rings is 2. The van der Waals surface area contributed by atoms with Crippen LogP contribution in [0.1, 0.15) is 36.5 Å². The third-order valence-electron chi connectivity index (χ3n) is 5.77. The average Bonchev–Trinajstić information content (AvgIpc) is 2.86. The Hall–Kier alpha value is -4.21. The third kappa shape index (κ3) is 10.5. The molecule has 2 aromatic carbocycles. The Balaban J connectivity index is 1.95. The highest BCUT2D eigenvalue weighted by molar-refractivity contribution is 5.93. The van der Waals surface area contributed by atoms with Crippen LogP contribution in [0, 0.1) is 12.8 Å². The van der Waals surface area contributed by atoms with Gasteiger partial charge in [0.25, 0.3) is 0 Å². The van der Waals surface area contributed by atoms with Gasteiger partial charge in [-0.25, -0.2) is 0 Å². The van der Waals surface area contributed by atoms with Crippen LogP contribution in [0.2, 0.25) is 0 Å². The van der Waals surface area contributed by atoms with E-state index in [2.05, 4.69) is 16.0 Å². The van der Waals surface area contributed by atoms with E-state index in [9.17, 15) is 24.0 Å². The molecule has 6 N–H and O–H groups in total.